The van der Waals surface area contributed by atoms with Crippen LogP contribution in [-0.2, 0) is 5.41 Å². The van der Waals surface area contributed by atoms with E-state index in [-0.39, 0.29) is 5.41 Å². The van der Waals surface area contributed by atoms with E-state index in [4.69, 9.17) is 11.6 Å². The first-order valence-corrected chi connectivity index (χ1v) is 8.22. The molecule has 1 spiro atoms. The molecule has 0 amide bonds. The summed E-state index contributed by atoms with van der Waals surface area (Å²) in [6, 6.07) is 8.64. The van der Waals surface area contributed by atoms with Crippen LogP contribution in [0.2, 0.25) is 5.02 Å². The monoisotopic (exact) mass is 325 g/mol. The Morgan fingerprint density at radius 2 is 2.13 bits per heavy atom. The lowest BCUT2D eigenvalue weighted by molar-refractivity contribution is 0.508. The average molecular weight is 326 g/mol. The van der Waals surface area contributed by atoms with Gasteiger partial charge in [0.05, 0.1) is 10.4 Å². The van der Waals surface area contributed by atoms with Crippen LogP contribution in [0.4, 0.5) is 11.5 Å². The molecular weight excluding hydrogens is 310 g/mol. The van der Waals surface area contributed by atoms with Gasteiger partial charge in [0.2, 0.25) is 0 Å². The molecule has 1 fully saturated rings. The number of fused-ring (bicyclic) bond motifs is 3. The number of para-hydroxylation sites is 1. The average Bonchev–Trinajstić information content (AvgIpc) is 3.28. The topological polar surface area (TPSA) is 56.8 Å². The van der Waals surface area contributed by atoms with Gasteiger partial charge in [-0.15, -0.1) is 0 Å². The third-order valence-electron chi connectivity index (χ3n) is 5.13. The summed E-state index contributed by atoms with van der Waals surface area (Å²) in [6.07, 6.45) is 4.53. The van der Waals surface area contributed by atoms with E-state index in [0.717, 1.165) is 42.9 Å². The zero-order valence-corrected chi connectivity index (χ0v) is 13.3. The third-order valence-corrected chi connectivity index (χ3v) is 5.43. The Hall–Kier alpha value is -2.11. The summed E-state index contributed by atoms with van der Waals surface area (Å²) in [5, 5.41) is 5.08. The van der Waals surface area contributed by atoms with Crippen LogP contribution in [0.25, 0.3) is 11.0 Å². The fourth-order valence-corrected chi connectivity index (χ4v) is 4.27. The lowest BCUT2D eigenvalue weighted by atomic mass is 9.82. The molecular formula is C17H16ClN5. The smallest absolute Gasteiger partial charge is 0.147 e. The van der Waals surface area contributed by atoms with Gasteiger partial charge in [-0.3, -0.25) is 0 Å². The van der Waals surface area contributed by atoms with Crippen LogP contribution >= 0.6 is 11.6 Å². The van der Waals surface area contributed by atoms with Gasteiger partial charge in [0, 0.05) is 30.4 Å². The zero-order valence-electron chi connectivity index (χ0n) is 12.5. The van der Waals surface area contributed by atoms with E-state index in [9.17, 15) is 0 Å². The molecule has 0 aliphatic carbocycles. The molecule has 4 heterocycles. The second-order valence-electron chi connectivity index (χ2n) is 6.37. The zero-order chi connectivity index (χ0) is 15.4. The highest BCUT2D eigenvalue weighted by Gasteiger charge is 2.45. The first-order chi connectivity index (χ1) is 11.3. The lowest BCUT2D eigenvalue weighted by Crippen LogP contribution is -2.34. The lowest BCUT2D eigenvalue weighted by Gasteiger charge is -2.24. The first kappa shape index (κ1) is 13.3. The quantitative estimate of drug-likeness (QED) is 0.722. The van der Waals surface area contributed by atoms with Crippen molar-refractivity contribution in [2.45, 2.75) is 11.8 Å². The molecule has 1 saturated heterocycles. The van der Waals surface area contributed by atoms with E-state index >= 15 is 0 Å². The van der Waals surface area contributed by atoms with E-state index in [1.54, 1.807) is 12.5 Å². The minimum Gasteiger partial charge on any atom is -0.344 e. The summed E-state index contributed by atoms with van der Waals surface area (Å²) in [6.45, 7) is 2.99. The Morgan fingerprint density at radius 1 is 1.22 bits per heavy atom. The number of rotatable bonds is 1. The van der Waals surface area contributed by atoms with E-state index in [2.05, 4.69) is 49.4 Å². The maximum absolute atomic E-state index is 6.38. The second kappa shape index (κ2) is 4.69. The molecule has 1 aromatic carbocycles. The van der Waals surface area contributed by atoms with Gasteiger partial charge in [0.25, 0.3) is 0 Å². The summed E-state index contributed by atoms with van der Waals surface area (Å²) in [7, 11) is 0. The predicted octanol–water partition coefficient (Wildman–Crippen LogP) is 2.99. The van der Waals surface area contributed by atoms with Crippen molar-refractivity contribution in [1.29, 1.82) is 0 Å². The number of anilines is 2. The number of benzene rings is 1. The van der Waals surface area contributed by atoms with E-state index in [1.165, 1.54) is 11.3 Å². The highest BCUT2D eigenvalue weighted by Crippen LogP contribution is 2.48. The van der Waals surface area contributed by atoms with E-state index in [0.29, 0.717) is 5.02 Å². The standard InChI is InChI=1S/C17H16ClN5/c18-12-7-20-15-14(12)16(22-10-21-15)23-9-17(5-6-19-8-17)11-3-1-2-4-13(11)23/h1-4,7,10,19H,5-6,8-9H2,(H,20,21,22)/t17-/m0/s1. The molecule has 23 heavy (non-hydrogen) atoms. The Morgan fingerprint density at radius 3 is 3.00 bits per heavy atom. The number of hydrogen-bond acceptors (Lipinski definition) is 4. The van der Waals surface area contributed by atoms with Crippen molar-refractivity contribution in [2.24, 2.45) is 0 Å². The number of aromatic nitrogens is 3. The van der Waals surface area contributed by atoms with Crippen molar-refractivity contribution in [2.75, 3.05) is 24.5 Å². The Labute approximate surface area is 138 Å². The van der Waals surface area contributed by atoms with Crippen LogP contribution in [0.1, 0.15) is 12.0 Å². The molecule has 0 unspecified atom stereocenters. The van der Waals surface area contributed by atoms with Crippen molar-refractivity contribution in [1.82, 2.24) is 20.3 Å². The molecule has 0 saturated carbocycles. The van der Waals surface area contributed by atoms with Gasteiger partial charge in [0.15, 0.2) is 0 Å². The Kier molecular flexibility index (Phi) is 2.72. The normalized spacial score (nSPS) is 23.1. The van der Waals surface area contributed by atoms with E-state index in [1.807, 2.05) is 0 Å². The Balaban J connectivity index is 1.73. The highest BCUT2D eigenvalue weighted by molar-refractivity contribution is 6.36. The molecule has 0 radical (unpaired) electrons. The highest BCUT2D eigenvalue weighted by atomic mass is 35.5. The van der Waals surface area contributed by atoms with Crippen molar-refractivity contribution in [3.05, 3.63) is 47.4 Å². The summed E-state index contributed by atoms with van der Waals surface area (Å²) in [4.78, 5) is 14.3. The molecule has 3 aromatic rings. The van der Waals surface area contributed by atoms with Gasteiger partial charge < -0.3 is 15.2 Å². The summed E-state index contributed by atoms with van der Waals surface area (Å²) in [5.41, 5.74) is 3.58. The largest absolute Gasteiger partial charge is 0.344 e. The molecule has 116 valence electrons. The van der Waals surface area contributed by atoms with E-state index < -0.39 is 0 Å². The van der Waals surface area contributed by atoms with Crippen molar-refractivity contribution in [3.8, 4) is 0 Å². The summed E-state index contributed by atoms with van der Waals surface area (Å²) < 4.78 is 0. The molecule has 2 N–H and O–H groups in total. The predicted molar refractivity (Wildman–Crippen MR) is 91.5 cm³/mol. The van der Waals surface area contributed by atoms with Crippen LogP contribution < -0.4 is 10.2 Å². The van der Waals surface area contributed by atoms with Crippen LogP contribution in [0.15, 0.2) is 36.8 Å². The Bertz CT molecular complexity index is 897. The molecule has 0 bridgehead atoms. The van der Waals surface area contributed by atoms with Gasteiger partial charge in [0.1, 0.15) is 17.8 Å². The fourth-order valence-electron chi connectivity index (χ4n) is 4.04. The summed E-state index contributed by atoms with van der Waals surface area (Å²) in [5.74, 6) is 0.887. The number of hydrogen-bond donors (Lipinski definition) is 2. The second-order valence-corrected chi connectivity index (χ2v) is 6.78. The van der Waals surface area contributed by atoms with Gasteiger partial charge in [-0.25, -0.2) is 9.97 Å². The van der Waals surface area contributed by atoms with Gasteiger partial charge >= 0.3 is 0 Å². The number of H-pyrrole nitrogens is 1. The SMILES string of the molecule is Clc1c[nH]c2ncnc(N3C[C@@]4(CCNC4)c4ccccc43)c12. The van der Waals surface area contributed by atoms with Crippen LogP contribution in [-0.4, -0.2) is 34.6 Å². The van der Waals surface area contributed by atoms with Crippen molar-refractivity contribution in [3.63, 3.8) is 0 Å². The number of halogens is 1. The molecule has 5 rings (SSSR count). The van der Waals surface area contributed by atoms with Crippen molar-refractivity contribution < 1.29 is 0 Å². The van der Waals surface area contributed by atoms with Crippen LogP contribution in [0.3, 0.4) is 0 Å². The minimum atomic E-state index is 0.163. The maximum atomic E-state index is 6.38. The number of nitrogens with zero attached hydrogens (tertiary/aromatic N) is 3. The fraction of sp³-hybridized carbons (Fsp3) is 0.294. The number of nitrogens with one attached hydrogen (secondary N) is 2. The molecule has 2 aliphatic heterocycles. The first-order valence-electron chi connectivity index (χ1n) is 7.84. The third kappa shape index (κ3) is 1.77. The molecule has 2 aliphatic rings. The molecule has 5 nitrogen and oxygen atoms in total. The van der Waals surface area contributed by atoms with Gasteiger partial charge in [-0.1, -0.05) is 29.8 Å². The van der Waals surface area contributed by atoms with Crippen LogP contribution in [0.5, 0.6) is 0 Å². The maximum Gasteiger partial charge on any atom is 0.147 e. The molecule has 1 atom stereocenters. The molecule has 6 heteroatoms. The minimum absolute atomic E-state index is 0.163. The molecule has 2 aromatic heterocycles. The van der Waals surface area contributed by atoms with Gasteiger partial charge in [-0.05, 0) is 24.6 Å². The van der Waals surface area contributed by atoms with Crippen LogP contribution in [0, 0.1) is 0 Å². The summed E-state index contributed by atoms with van der Waals surface area (Å²) >= 11 is 6.38. The van der Waals surface area contributed by atoms with Crippen molar-refractivity contribution >= 4 is 34.1 Å². The van der Waals surface area contributed by atoms with Gasteiger partial charge in [-0.2, -0.15) is 0 Å². The number of aromatic amines is 1.